The highest BCUT2D eigenvalue weighted by Crippen LogP contribution is 2.33. The van der Waals surface area contributed by atoms with Crippen LogP contribution < -0.4 is 5.32 Å². The molecular weight excluding hydrogens is 420 g/mol. The second kappa shape index (κ2) is 10.5. The van der Waals surface area contributed by atoms with E-state index in [9.17, 15) is 13.2 Å². The Balaban J connectivity index is 1.66. The third-order valence-electron chi connectivity index (χ3n) is 6.04. The second-order valence-electron chi connectivity index (χ2n) is 9.04. The van der Waals surface area contributed by atoms with Crippen molar-refractivity contribution in [2.45, 2.75) is 52.4 Å². The van der Waals surface area contributed by atoms with Crippen LogP contribution in [-0.2, 0) is 14.8 Å². The number of carbonyl (C=O) groups is 1. The number of para-hydroxylation sites is 1. The smallest absolute Gasteiger partial charge is 0.236 e. The Kier molecular flexibility index (Phi) is 7.91. The van der Waals surface area contributed by atoms with Crippen LogP contribution in [0, 0.1) is 5.92 Å². The van der Waals surface area contributed by atoms with E-state index in [0.29, 0.717) is 37.8 Å². The van der Waals surface area contributed by atoms with Gasteiger partial charge in [-0.05, 0) is 47.4 Å². The van der Waals surface area contributed by atoms with Gasteiger partial charge in [0, 0.05) is 30.1 Å². The number of sulfonamides is 1. The lowest BCUT2D eigenvalue weighted by molar-refractivity contribution is -0.120. The molecule has 6 heteroatoms. The fraction of sp³-hybridized carbons (Fsp3) is 0.423. The zero-order chi connectivity index (χ0) is 23.3. The van der Waals surface area contributed by atoms with Crippen LogP contribution >= 0.6 is 0 Å². The van der Waals surface area contributed by atoms with Crippen LogP contribution in [0.3, 0.4) is 0 Å². The van der Waals surface area contributed by atoms with Gasteiger partial charge in [0.15, 0.2) is 0 Å². The van der Waals surface area contributed by atoms with E-state index in [2.05, 4.69) is 45.1 Å². The summed E-state index contributed by atoms with van der Waals surface area (Å²) in [6.07, 6.45) is 2.65. The molecule has 5 nitrogen and oxygen atoms in total. The van der Waals surface area contributed by atoms with Crippen molar-refractivity contribution in [2.24, 2.45) is 5.92 Å². The minimum Gasteiger partial charge on any atom is -0.325 e. The SMILES string of the molecule is CC(C)c1cccc(C(C)C)c1NC(=O)C1CCN(S(=O)(=O)/C=C/c2ccccc2)CC1. The van der Waals surface area contributed by atoms with Gasteiger partial charge in [-0.25, -0.2) is 8.42 Å². The number of anilines is 1. The molecule has 1 fully saturated rings. The lowest BCUT2D eigenvalue weighted by Gasteiger charge is -2.30. The summed E-state index contributed by atoms with van der Waals surface area (Å²) < 4.78 is 26.9. The maximum Gasteiger partial charge on any atom is 0.236 e. The van der Waals surface area contributed by atoms with Gasteiger partial charge in [0.05, 0.1) is 0 Å². The Bertz CT molecular complexity index is 1030. The lowest BCUT2D eigenvalue weighted by Crippen LogP contribution is -2.40. The van der Waals surface area contributed by atoms with E-state index in [1.54, 1.807) is 6.08 Å². The van der Waals surface area contributed by atoms with Crippen molar-refractivity contribution >= 4 is 27.7 Å². The van der Waals surface area contributed by atoms with Gasteiger partial charge in [0.25, 0.3) is 0 Å². The van der Waals surface area contributed by atoms with E-state index in [0.717, 1.165) is 22.4 Å². The standard InChI is InChI=1S/C26H34N2O3S/c1-19(2)23-11-8-12-24(20(3)4)25(23)27-26(29)22-13-16-28(17-14-22)32(30,31)18-15-21-9-6-5-7-10-21/h5-12,15,18-20,22H,13-14,16-17H2,1-4H3,(H,27,29)/b18-15+. The highest BCUT2D eigenvalue weighted by atomic mass is 32.2. The van der Waals surface area contributed by atoms with Crippen molar-refractivity contribution in [1.29, 1.82) is 0 Å². The summed E-state index contributed by atoms with van der Waals surface area (Å²) in [5, 5.41) is 4.45. The van der Waals surface area contributed by atoms with Crippen LogP contribution in [0.1, 0.15) is 69.1 Å². The molecule has 1 amide bonds. The predicted molar refractivity (Wildman–Crippen MR) is 132 cm³/mol. The molecule has 0 spiro atoms. The van der Waals surface area contributed by atoms with Crippen molar-refractivity contribution in [3.05, 3.63) is 70.6 Å². The number of nitrogens with zero attached hydrogens (tertiary/aromatic N) is 1. The van der Waals surface area contributed by atoms with Gasteiger partial charge >= 0.3 is 0 Å². The maximum atomic E-state index is 13.1. The average molecular weight is 455 g/mol. The minimum atomic E-state index is -3.50. The summed E-state index contributed by atoms with van der Waals surface area (Å²) in [6, 6.07) is 15.6. The maximum absolute atomic E-state index is 13.1. The van der Waals surface area contributed by atoms with E-state index in [1.165, 1.54) is 9.71 Å². The highest BCUT2D eigenvalue weighted by molar-refractivity contribution is 7.92. The fourth-order valence-electron chi connectivity index (χ4n) is 4.11. The molecule has 1 aliphatic rings. The number of piperidine rings is 1. The van der Waals surface area contributed by atoms with Crippen molar-refractivity contribution in [3.8, 4) is 0 Å². The third kappa shape index (κ3) is 5.87. The first-order valence-electron chi connectivity index (χ1n) is 11.4. The molecule has 0 bridgehead atoms. The first-order valence-corrected chi connectivity index (χ1v) is 12.9. The number of nitrogens with one attached hydrogen (secondary N) is 1. The molecule has 0 aromatic heterocycles. The van der Waals surface area contributed by atoms with E-state index >= 15 is 0 Å². The summed E-state index contributed by atoms with van der Waals surface area (Å²) in [4.78, 5) is 13.1. The number of hydrogen-bond donors (Lipinski definition) is 1. The van der Waals surface area contributed by atoms with Crippen LogP contribution in [0.15, 0.2) is 53.9 Å². The largest absolute Gasteiger partial charge is 0.325 e. The Labute approximate surface area is 192 Å². The average Bonchev–Trinajstić information content (AvgIpc) is 2.78. The topological polar surface area (TPSA) is 66.5 Å². The molecule has 3 rings (SSSR count). The Hall–Kier alpha value is -2.44. The zero-order valence-corrected chi connectivity index (χ0v) is 20.2. The van der Waals surface area contributed by atoms with Gasteiger partial charge in [-0.1, -0.05) is 76.2 Å². The molecule has 0 radical (unpaired) electrons. The van der Waals surface area contributed by atoms with Crippen LogP contribution in [0.2, 0.25) is 0 Å². The molecule has 1 aliphatic heterocycles. The lowest BCUT2D eigenvalue weighted by atomic mass is 9.91. The molecule has 2 aromatic rings. The molecule has 1 N–H and O–H groups in total. The van der Waals surface area contributed by atoms with Gasteiger partial charge < -0.3 is 5.32 Å². The molecule has 0 unspecified atom stereocenters. The van der Waals surface area contributed by atoms with Crippen LogP contribution in [0.4, 0.5) is 5.69 Å². The van der Waals surface area contributed by atoms with Gasteiger partial charge in [-0.3, -0.25) is 4.79 Å². The Morgan fingerprint density at radius 3 is 2.03 bits per heavy atom. The van der Waals surface area contributed by atoms with E-state index in [-0.39, 0.29) is 11.8 Å². The summed E-state index contributed by atoms with van der Waals surface area (Å²) in [5.74, 6) is 0.386. The fourth-order valence-corrected chi connectivity index (χ4v) is 5.33. The molecule has 1 saturated heterocycles. The quantitative estimate of drug-likeness (QED) is 0.593. The van der Waals surface area contributed by atoms with Crippen molar-refractivity contribution in [1.82, 2.24) is 4.31 Å². The zero-order valence-electron chi connectivity index (χ0n) is 19.4. The van der Waals surface area contributed by atoms with Gasteiger partial charge in [-0.15, -0.1) is 0 Å². The predicted octanol–water partition coefficient (Wildman–Crippen LogP) is 5.58. The number of rotatable bonds is 7. The van der Waals surface area contributed by atoms with E-state index in [1.807, 2.05) is 36.4 Å². The second-order valence-corrected chi connectivity index (χ2v) is 10.9. The number of hydrogen-bond acceptors (Lipinski definition) is 3. The molecule has 172 valence electrons. The molecule has 0 aliphatic carbocycles. The number of benzene rings is 2. The Morgan fingerprint density at radius 1 is 0.938 bits per heavy atom. The van der Waals surface area contributed by atoms with Gasteiger partial charge in [-0.2, -0.15) is 4.31 Å². The molecule has 2 aromatic carbocycles. The van der Waals surface area contributed by atoms with E-state index in [4.69, 9.17) is 0 Å². The normalized spacial score (nSPS) is 16.2. The molecule has 32 heavy (non-hydrogen) atoms. The summed E-state index contributed by atoms with van der Waals surface area (Å²) in [5.41, 5.74) is 4.03. The third-order valence-corrected chi connectivity index (χ3v) is 7.60. The van der Waals surface area contributed by atoms with Crippen LogP contribution in [-0.4, -0.2) is 31.7 Å². The monoisotopic (exact) mass is 454 g/mol. The summed E-state index contributed by atoms with van der Waals surface area (Å²) >= 11 is 0. The molecule has 1 heterocycles. The summed E-state index contributed by atoms with van der Waals surface area (Å²) in [6.45, 7) is 9.20. The molecule has 0 atom stereocenters. The molecular formula is C26H34N2O3S. The summed E-state index contributed by atoms with van der Waals surface area (Å²) in [7, 11) is -3.50. The Morgan fingerprint density at radius 2 is 1.50 bits per heavy atom. The minimum absolute atomic E-state index is 0.0168. The van der Waals surface area contributed by atoms with Crippen molar-refractivity contribution in [3.63, 3.8) is 0 Å². The first-order chi connectivity index (χ1) is 15.2. The first kappa shape index (κ1) is 24.2. The van der Waals surface area contributed by atoms with Gasteiger partial charge in [0.1, 0.15) is 0 Å². The van der Waals surface area contributed by atoms with Crippen LogP contribution in [0.5, 0.6) is 0 Å². The van der Waals surface area contributed by atoms with Gasteiger partial charge in [0.2, 0.25) is 15.9 Å². The van der Waals surface area contributed by atoms with Crippen molar-refractivity contribution < 1.29 is 13.2 Å². The van der Waals surface area contributed by atoms with Crippen LogP contribution in [0.25, 0.3) is 6.08 Å². The van der Waals surface area contributed by atoms with Crippen molar-refractivity contribution in [2.75, 3.05) is 18.4 Å². The molecule has 0 saturated carbocycles. The number of carbonyl (C=O) groups excluding carboxylic acids is 1. The highest BCUT2D eigenvalue weighted by Gasteiger charge is 2.30. The van der Waals surface area contributed by atoms with E-state index < -0.39 is 10.0 Å². The number of amides is 1.